The van der Waals surface area contributed by atoms with Crippen LogP contribution in [-0.4, -0.2) is 47.7 Å². The van der Waals surface area contributed by atoms with Gasteiger partial charge >= 0.3 is 18.0 Å². The zero-order valence-corrected chi connectivity index (χ0v) is 23.2. The van der Waals surface area contributed by atoms with Crippen molar-refractivity contribution in [3.05, 3.63) is 95.6 Å². The van der Waals surface area contributed by atoms with E-state index in [4.69, 9.17) is 14.6 Å². The molecule has 0 radical (unpaired) electrons. The fourth-order valence-corrected chi connectivity index (χ4v) is 5.90. The van der Waals surface area contributed by atoms with Crippen molar-refractivity contribution in [3.8, 4) is 11.1 Å². The van der Waals surface area contributed by atoms with Gasteiger partial charge in [-0.05, 0) is 53.0 Å². The van der Waals surface area contributed by atoms with Crippen LogP contribution >= 0.6 is 0 Å². The molecule has 1 saturated carbocycles. The topological polar surface area (TPSA) is 131 Å². The normalized spacial score (nSPS) is 17.9. The van der Waals surface area contributed by atoms with Crippen molar-refractivity contribution in [2.24, 2.45) is 5.92 Å². The summed E-state index contributed by atoms with van der Waals surface area (Å²) < 4.78 is 11.0. The first-order chi connectivity index (χ1) is 20.4. The van der Waals surface area contributed by atoms with Gasteiger partial charge in [-0.15, -0.1) is 0 Å². The van der Waals surface area contributed by atoms with E-state index in [0.717, 1.165) is 27.8 Å². The van der Waals surface area contributed by atoms with Crippen molar-refractivity contribution in [1.82, 2.24) is 10.6 Å². The van der Waals surface area contributed by atoms with Gasteiger partial charge in [0, 0.05) is 18.4 Å². The van der Waals surface area contributed by atoms with Crippen LogP contribution in [0.2, 0.25) is 0 Å². The molecule has 2 amide bonds. The summed E-state index contributed by atoms with van der Waals surface area (Å²) in [5.41, 5.74) is 5.10. The van der Waals surface area contributed by atoms with E-state index >= 15 is 0 Å². The predicted octanol–water partition coefficient (Wildman–Crippen LogP) is 4.79. The molecule has 0 unspecified atom stereocenters. The molecule has 0 aromatic heterocycles. The van der Waals surface area contributed by atoms with E-state index in [0.29, 0.717) is 19.3 Å². The zero-order valence-electron chi connectivity index (χ0n) is 23.2. The number of nitrogens with one attached hydrogen (secondary N) is 2. The number of carbonyl (C=O) groups is 4. The van der Waals surface area contributed by atoms with E-state index in [2.05, 4.69) is 10.6 Å². The van der Waals surface area contributed by atoms with Gasteiger partial charge in [-0.2, -0.15) is 0 Å². The summed E-state index contributed by atoms with van der Waals surface area (Å²) >= 11 is 0. The second kappa shape index (κ2) is 13.3. The fourth-order valence-electron chi connectivity index (χ4n) is 5.90. The van der Waals surface area contributed by atoms with Crippen molar-refractivity contribution in [1.29, 1.82) is 0 Å². The van der Waals surface area contributed by atoms with Gasteiger partial charge in [-0.1, -0.05) is 78.9 Å². The molecule has 0 bridgehead atoms. The van der Waals surface area contributed by atoms with Crippen molar-refractivity contribution < 1.29 is 33.8 Å². The van der Waals surface area contributed by atoms with Crippen LogP contribution in [0.15, 0.2) is 78.9 Å². The highest BCUT2D eigenvalue weighted by Gasteiger charge is 2.33. The van der Waals surface area contributed by atoms with E-state index in [-0.39, 0.29) is 43.9 Å². The minimum Gasteiger partial charge on any atom is -0.481 e. The third kappa shape index (κ3) is 7.15. The van der Waals surface area contributed by atoms with Crippen LogP contribution in [0.4, 0.5) is 4.79 Å². The minimum atomic E-state index is -1.22. The Morgan fingerprint density at radius 1 is 0.833 bits per heavy atom. The molecule has 3 aromatic rings. The Morgan fingerprint density at radius 2 is 1.48 bits per heavy atom. The lowest BCUT2D eigenvalue weighted by Gasteiger charge is -2.21. The molecular formula is C33H34N2O7. The lowest BCUT2D eigenvalue weighted by atomic mass is 9.98. The lowest BCUT2D eigenvalue weighted by Crippen LogP contribution is -2.50. The fraction of sp³-hybridized carbons (Fsp3) is 0.333. The molecule has 3 atom stereocenters. The van der Waals surface area contributed by atoms with Gasteiger partial charge in [0.25, 0.3) is 0 Å². The molecule has 2 aliphatic carbocycles. The van der Waals surface area contributed by atoms with Crippen LogP contribution in [0.1, 0.15) is 54.7 Å². The Bertz CT molecular complexity index is 1400. The summed E-state index contributed by atoms with van der Waals surface area (Å²) in [5.74, 6) is -2.25. The van der Waals surface area contributed by atoms with Crippen molar-refractivity contribution in [2.75, 3.05) is 6.61 Å². The molecule has 0 saturated heterocycles. The number of amides is 2. The smallest absolute Gasteiger partial charge is 0.407 e. The number of alkyl carbamates (subject to hydrolysis) is 1. The number of hydrogen-bond donors (Lipinski definition) is 3. The highest BCUT2D eigenvalue weighted by atomic mass is 16.5. The summed E-state index contributed by atoms with van der Waals surface area (Å²) in [6, 6.07) is 23.6. The Morgan fingerprint density at radius 3 is 2.14 bits per heavy atom. The quantitative estimate of drug-likeness (QED) is 0.283. The maximum absolute atomic E-state index is 13.3. The Labute approximate surface area is 244 Å². The van der Waals surface area contributed by atoms with E-state index in [9.17, 15) is 19.2 Å². The lowest BCUT2D eigenvalue weighted by molar-refractivity contribution is -0.147. The van der Waals surface area contributed by atoms with Crippen LogP contribution < -0.4 is 10.6 Å². The molecule has 218 valence electrons. The minimum absolute atomic E-state index is 0.0304. The summed E-state index contributed by atoms with van der Waals surface area (Å²) in [6.45, 7) is 0.102. The molecule has 5 rings (SSSR count). The largest absolute Gasteiger partial charge is 0.481 e. The van der Waals surface area contributed by atoms with Crippen molar-refractivity contribution >= 4 is 23.9 Å². The van der Waals surface area contributed by atoms with E-state index in [1.54, 1.807) is 0 Å². The molecule has 2 aliphatic rings. The molecular weight excluding hydrogens is 536 g/mol. The predicted molar refractivity (Wildman–Crippen MR) is 154 cm³/mol. The second-order valence-corrected chi connectivity index (χ2v) is 10.9. The van der Waals surface area contributed by atoms with E-state index in [1.807, 2.05) is 78.9 Å². The van der Waals surface area contributed by atoms with Crippen LogP contribution in [0.5, 0.6) is 0 Å². The third-order valence-corrected chi connectivity index (χ3v) is 7.92. The molecule has 3 aromatic carbocycles. The maximum Gasteiger partial charge on any atom is 0.407 e. The zero-order chi connectivity index (χ0) is 29.5. The molecule has 3 N–H and O–H groups in total. The number of rotatable bonds is 11. The van der Waals surface area contributed by atoms with E-state index < -0.39 is 30.0 Å². The molecule has 0 spiro atoms. The van der Waals surface area contributed by atoms with Gasteiger partial charge in [0.05, 0.1) is 6.42 Å². The molecule has 9 nitrogen and oxygen atoms in total. The monoisotopic (exact) mass is 570 g/mol. The van der Waals surface area contributed by atoms with Gasteiger partial charge < -0.3 is 25.2 Å². The highest BCUT2D eigenvalue weighted by molar-refractivity contribution is 5.90. The Hall–Kier alpha value is -4.66. The number of carbonyl (C=O) groups excluding carboxylic acids is 3. The SMILES string of the molecule is O=C(O)C[C@H]1CC[C@@H](NC(=O)[C@H](CC(=O)OCc2ccccc2)NC(=O)OCC2c3ccccc3-c3ccccc32)C1. The first-order valence-electron chi connectivity index (χ1n) is 14.2. The molecule has 0 aliphatic heterocycles. The Kier molecular flexibility index (Phi) is 9.16. The van der Waals surface area contributed by atoms with Crippen molar-refractivity contribution in [2.45, 2.75) is 56.7 Å². The van der Waals surface area contributed by atoms with Crippen LogP contribution in [-0.2, 0) is 30.5 Å². The first-order valence-corrected chi connectivity index (χ1v) is 14.2. The average molecular weight is 571 g/mol. The highest BCUT2D eigenvalue weighted by Crippen LogP contribution is 2.44. The number of benzene rings is 3. The molecule has 0 heterocycles. The molecule has 9 heteroatoms. The third-order valence-electron chi connectivity index (χ3n) is 7.92. The summed E-state index contributed by atoms with van der Waals surface area (Å²) in [4.78, 5) is 50.0. The van der Waals surface area contributed by atoms with Crippen LogP contribution in [0.25, 0.3) is 11.1 Å². The number of ether oxygens (including phenoxy) is 2. The Balaban J connectivity index is 1.22. The van der Waals surface area contributed by atoms with Crippen molar-refractivity contribution in [3.63, 3.8) is 0 Å². The van der Waals surface area contributed by atoms with Gasteiger partial charge in [-0.25, -0.2) is 4.79 Å². The van der Waals surface area contributed by atoms with Gasteiger partial charge in [0.2, 0.25) is 5.91 Å². The summed E-state index contributed by atoms with van der Waals surface area (Å²) in [6.07, 6.45) is 0.672. The number of hydrogen-bond acceptors (Lipinski definition) is 6. The maximum atomic E-state index is 13.3. The summed E-state index contributed by atoms with van der Waals surface area (Å²) in [5, 5.41) is 14.5. The second-order valence-electron chi connectivity index (χ2n) is 10.9. The number of esters is 1. The molecule has 42 heavy (non-hydrogen) atoms. The molecule has 1 fully saturated rings. The van der Waals surface area contributed by atoms with Crippen LogP contribution in [0.3, 0.4) is 0 Å². The number of carboxylic acids is 1. The standard InChI is InChI=1S/C33H34N2O7/c36-30(37)17-22-14-15-23(16-22)34-32(39)29(18-31(38)41-19-21-8-2-1-3-9-21)35-33(40)42-20-28-26-12-6-4-10-24(26)25-11-5-7-13-27(25)28/h1-13,22-23,28-29H,14-20H2,(H,34,39)(H,35,40)(H,36,37)/t22-,23+,29-/m0/s1. The van der Waals surface area contributed by atoms with Gasteiger partial charge in [-0.3, -0.25) is 14.4 Å². The van der Waals surface area contributed by atoms with Crippen LogP contribution in [0, 0.1) is 5.92 Å². The first kappa shape index (κ1) is 28.9. The number of aliphatic carboxylic acids is 1. The van der Waals surface area contributed by atoms with Gasteiger partial charge in [0.15, 0.2) is 0 Å². The average Bonchev–Trinajstić information content (AvgIpc) is 3.56. The number of fused-ring (bicyclic) bond motifs is 3. The summed E-state index contributed by atoms with van der Waals surface area (Å²) in [7, 11) is 0. The number of carboxylic acid groups (broad SMARTS) is 1. The van der Waals surface area contributed by atoms with E-state index in [1.165, 1.54) is 0 Å². The van der Waals surface area contributed by atoms with Gasteiger partial charge in [0.1, 0.15) is 19.3 Å².